The lowest BCUT2D eigenvalue weighted by Gasteiger charge is -2.33. The number of likely N-dealkylation sites (N-methyl/N-ethyl adjacent to an activating group) is 1. The predicted molar refractivity (Wildman–Crippen MR) is 125 cm³/mol. The van der Waals surface area contributed by atoms with Crippen molar-refractivity contribution in [2.24, 2.45) is 4.99 Å². The number of carbonyl (C=O) groups excluding carboxylic acids is 1. The van der Waals surface area contributed by atoms with Crippen molar-refractivity contribution < 1.29 is 9.18 Å². The average molecular weight is 438 g/mol. The first kappa shape index (κ1) is 20.0. The van der Waals surface area contributed by atoms with Gasteiger partial charge in [0, 0.05) is 60.8 Å². The molecule has 0 bridgehead atoms. The van der Waals surface area contributed by atoms with Crippen molar-refractivity contribution in [3.63, 3.8) is 0 Å². The number of aliphatic imine (C=N–C) groups is 1. The molecule has 3 aromatic rings. The minimum atomic E-state index is -0.364. The van der Waals surface area contributed by atoms with Gasteiger partial charge in [0.25, 0.3) is 5.91 Å². The quantitative estimate of drug-likeness (QED) is 0.679. The molecule has 0 radical (unpaired) electrons. The molecule has 31 heavy (non-hydrogen) atoms. The van der Waals surface area contributed by atoms with Crippen molar-refractivity contribution in [1.82, 2.24) is 9.80 Å². The molecular formula is C23H24FN5OS. The highest BCUT2D eigenvalue weighted by atomic mass is 32.1. The lowest BCUT2D eigenvalue weighted by Crippen LogP contribution is -2.46. The fourth-order valence-corrected chi connectivity index (χ4v) is 5.15. The van der Waals surface area contributed by atoms with Gasteiger partial charge in [0.2, 0.25) is 0 Å². The molecular weight excluding hydrogens is 413 g/mol. The molecule has 160 valence electrons. The van der Waals surface area contributed by atoms with Crippen molar-refractivity contribution in [3.8, 4) is 0 Å². The van der Waals surface area contributed by atoms with Crippen LogP contribution < -0.4 is 10.2 Å². The third kappa shape index (κ3) is 3.77. The predicted octanol–water partition coefficient (Wildman–Crippen LogP) is 3.69. The number of halogens is 1. The Hall–Kier alpha value is -2.97. The Morgan fingerprint density at radius 1 is 1.13 bits per heavy atom. The van der Waals surface area contributed by atoms with Crippen LogP contribution in [0.15, 0.2) is 47.5 Å². The van der Waals surface area contributed by atoms with Crippen molar-refractivity contribution in [2.75, 3.05) is 50.5 Å². The van der Waals surface area contributed by atoms with Gasteiger partial charge in [0.1, 0.15) is 5.82 Å². The van der Waals surface area contributed by atoms with Crippen molar-refractivity contribution in [1.29, 1.82) is 0 Å². The van der Waals surface area contributed by atoms with Crippen LogP contribution in [0.5, 0.6) is 0 Å². The molecule has 1 unspecified atom stereocenters. The topological polar surface area (TPSA) is 51.2 Å². The van der Waals surface area contributed by atoms with Crippen LogP contribution in [0, 0.1) is 5.82 Å². The largest absolute Gasteiger partial charge is 0.347 e. The number of anilines is 2. The molecule has 3 heterocycles. The number of nitrogens with one attached hydrogen (secondary N) is 1. The molecule has 2 aliphatic rings. The number of thiophene rings is 1. The van der Waals surface area contributed by atoms with Crippen LogP contribution in [-0.4, -0.2) is 68.5 Å². The monoisotopic (exact) mass is 437 g/mol. The van der Waals surface area contributed by atoms with Gasteiger partial charge in [-0.2, -0.15) is 0 Å². The summed E-state index contributed by atoms with van der Waals surface area (Å²) in [7, 11) is 4.05. The van der Waals surface area contributed by atoms with Gasteiger partial charge < -0.3 is 20.0 Å². The summed E-state index contributed by atoms with van der Waals surface area (Å²) in [5.41, 5.74) is 2.69. The lowest BCUT2D eigenvalue weighted by molar-refractivity contribution is 0.0669. The summed E-state index contributed by atoms with van der Waals surface area (Å²) >= 11 is 1.54. The Labute approximate surface area is 184 Å². The standard InChI is InChI=1S/C23H24FN5OS/c1-27-8-10-29(11-9-27)22(30)20-13-18-19(31-20)7-6-15-14-25-23(28(2)21(15)18)26-17-5-3-4-16(24)12-17/h3-7,12-14,23,26H,8-11H2,1-2H3. The Balaban J connectivity index is 1.45. The molecule has 2 aromatic carbocycles. The van der Waals surface area contributed by atoms with Gasteiger partial charge in [0.15, 0.2) is 6.29 Å². The highest BCUT2D eigenvalue weighted by molar-refractivity contribution is 7.20. The van der Waals surface area contributed by atoms with E-state index in [2.05, 4.69) is 28.3 Å². The number of nitrogens with zero attached hydrogens (tertiary/aromatic N) is 4. The maximum absolute atomic E-state index is 13.6. The maximum atomic E-state index is 13.6. The molecule has 1 aromatic heterocycles. The first-order valence-electron chi connectivity index (χ1n) is 10.3. The molecule has 1 N–H and O–H groups in total. The van der Waals surface area contributed by atoms with E-state index in [-0.39, 0.29) is 18.0 Å². The van der Waals surface area contributed by atoms with Crippen molar-refractivity contribution >= 4 is 44.9 Å². The zero-order valence-corrected chi connectivity index (χ0v) is 18.3. The van der Waals surface area contributed by atoms with Gasteiger partial charge in [-0.15, -0.1) is 11.3 Å². The number of hydrogen-bond acceptors (Lipinski definition) is 6. The number of amides is 1. The second kappa shape index (κ2) is 7.94. The summed E-state index contributed by atoms with van der Waals surface area (Å²) in [4.78, 5) is 24.7. The molecule has 1 saturated heterocycles. The lowest BCUT2D eigenvalue weighted by atomic mass is 10.1. The van der Waals surface area contributed by atoms with E-state index in [1.165, 1.54) is 23.5 Å². The molecule has 8 heteroatoms. The Morgan fingerprint density at radius 3 is 2.71 bits per heavy atom. The van der Waals surface area contributed by atoms with Crippen LogP contribution in [0.1, 0.15) is 15.2 Å². The third-order valence-electron chi connectivity index (χ3n) is 5.90. The van der Waals surface area contributed by atoms with Gasteiger partial charge in [-0.05, 0) is 43.4 Å². The summed E-state index contributed by atoms with van der Waals surface area (Å²) in [6, 6.07) is 12.5. The highest BCUT2D eigenvalue weighted by Gasteiger charge is 2.26. The van der Waals surface area contributed by atoms with Crippen LogP contribution in [0.2, 0.25) is 0 Å². The van der Waals surface area contributed by atoms with E-state index in [1.807, 2.05) is 41.3 Å². The first-order valence-corrected chi connectivity index (χ1v) is 11.1. The number of hydrogen-bond donors (Lipinski definition) is 1. The highest BCUT2D eigenvalue weighted by Crippen LogP contribution is 2.38. The molecule has 2 aliphatic heterocycles. The van der Waals surface area contributed by atoms with Gasteiger partial charge in [0.05, 0.1) is 10.6 Å². The Morgan fingerprint density at radius 2 is 1.94 bits per heavy atom. The number of carbonyl (C=O) groups is 1. The molecule has 0 spiro atoms. The summed E-state index contributed by atoms with van der Waals surface area (Å²) in [6.45, 7) is 3.32. The fraction of sp³-hybridized carbons (Fsp3) is 0.304. The normalized spacial score (nSPS) is 19.0. The second-order valence-electron chi connectivity index (χ2n) is 8.04. The van der Waals surface area contributed by atoms with E-state index < -0.39 is 0 Å². The van der Waals surface area contributed by atoms with E-state index >= 15 is 0 Å². The zero-order chi connectivity index (χ0) is 21.5. The summed E-state index contributed by atoms with van der Waals surface area (Å²) in [5.74, 6) is -0.190. The summed E-state index contributed by atoms with van der Waals surface area (Å²) in [6.07, 6.45) is 1.47. The zero-order valence-electron chi connectivity index (χ0n) is 17.5. The molecule has 0 saturated carbocycles. The third-order valence-corrected chi connectivity index (χ3v) is 6.99. The average Bonchev–Trinajstić information content (AvgIpc) is 3.20. The number of piperazine rings is 1. The molecule has 1 amide bonds. The summed E-state index contributed by atoms with van der Waals surface area (Å²) < 4.78 is 14.7. The van der Waals surface area contributed by atoms with Gasteiger partial charge in [-0.1, -0.05) is 6.07 Å². The van der Waals surface area contributed by atoms with E-state index in [0.717, 1.165) is 52.4 Å². The van der Waals surface area contributed by atoms with Gasteiger partial charge in [-0.3, -0.25) is 4.79 Å². The first-order chi connectivity index (χ1) is 15.0. The van der Waals surface area contributed by atoms with Gasteiger partial charge >= 0.3 is 0 Å². The second-order valence-corrected chi connectivity index (χ2v) is 9.12. The molecule has 0 aliphatic carbocycles. The maximum Gasteiger partial charge on any atom is 0.264 e. The SMILES string of the molecule is CN1CCN(C(=O)c2cc3c4c(ccc3s2)C=NC(Nc2cccc(F)c2)N4C)CC1. The van der Waals surface area contributed by atoms with Crippen LogP contribution in [-0.2, 0) is 0 Å². The van der Waals surface area contributed by atoms with Crippen LogP contribution >= 0.6 is 11.3 Å². The van der Waals surface area contributed by atoms with Crippen LogP contribution in [0.25, 0.3) is 10.1 Å². The van der Waals surface area contributed by atoms with E-state index in [9.17, 15) is 9.18 Å². The minimum absolute atomic E-state index is 0.101. The summed E-state index contributed by atoms with van der Waals surface area (Å²) in [5, 5.41) is 4.32. The van der Waals surface area contributed by atoms with E-state index in [1.54, 1.807) is 6.07 Å². The molecule has 6 nitrogen and oxygen atoms in total. The van der Waals surface area contributed by atoms with E-state index in [4.69, 9.17) is 0 Å². The number of fused-ring (bicyclic) bond motifs is 3. The van der Waals surface area contributed by atoms with Crippen molar-refractivity contribution in [3.05, 3.63) is 58.7 Å². The Bertz CT molecular complexity index is 1170. The Kier molecular flexibility index (Phi) is 5.11. The fourth-order valence-electron chi connectivity index (χ4n) is 4.12. The smallest absolute Gasteiger partial charge is 0.264 e. The molecule has 1 fully saturated rings. The molecule has 1 atom stereocenters. The molecule has 5 rings (SSSR count). The van der Waals surface area contributed by atoms with E-state index in [0.29, 0.717) is 5.69 Å². The number of rotatable bonds is 3. The van der Waals surface area contributed by atoms with Crippen LogP contribution in [0.4, 0.5) is 15.8 Å². The number of benzene rings is 2. The minimum Gasteiger partial charge on any atom is -0.347 e. The van der Waals surface area contributed by atoms with Crippen LogP contribution in [0.3, 0.4) is 0 Å². The van der Waals surface area contributed by atoms with Crippen molar-refractivity contribution in [2.45, 2.75) is 6.29 Å². The van der Waals surface area contributed by atoms with Gasteiger partial charge in [-0.25, -0.2) is 9.38 Å².